The highest BCUT2D eigenvalue weighted by molar-refractivity contribution is 9.09. The highest BCUT2D eigenvalue weighted by atomic mass is 79.9. The lowest BCUT2D eigenvalue weighted by Crippen LogP contribution is -1.95. The van der Waals surface area contributed by atoms with Gasteiger partial charge in [0.15, 0.2) is 0 Å². The molecule has 0 aliphatic rings. The Balaban J connectivity index is 2.81. The van der Waals surface area contributed by atoms with Crippen molar-refractivity contribution in [1.29, 1.82) is 0 Å². The van der Waals surface area contributed by atoms with E-state index in [9.17, 15) is 4.39 Å². The Hall–Kier alpha value is -0.150. The van der Waals surface area contributed by atoms with E-state index in [1.807, 2.05) is 0 Å². The van der Waals surface area contributed by atoms with Crippen LogP contribution in [0.1, 0.15) is 12.0 Å². The second-order valence-electron chi connectivity index (χ2n) is 2.35. The van der Waals surface area contributed by atoms with Gasteiger partial charge in [0.1, 0.15) is 0 Å². The van der Waals surface area contributed by atoms with Crippen LogP contribution in [0.25, 0.3) is 0 Å². The van der Waals surface area contributed by atoms with Crippen molar-refractivity contribution in [2.24, 2.45) is 0 Å². The zero-order valence-electron chi connectivity index (χ0n) is 6.36. The van der Waals surface area contributed by atoms with E-state index >= 15 is 0 Å². The maximum absolute atomic E-state index is 13.0. The monoisotopic (exact) mass is 251 g/mol. The van der Waals surface area contributed by atoms with Crippen molar-refractivity contribution in [2.75, 3.05) is 5.33 Å². The Bertz CT molecular complexity index is 247. The van der Waals surface area contributed by atoms with Crippen LogP contribution in [0.2, 0.25) is 5.02 Å². The van der Waals surface area contributed by atoms with Gasteiger partial charge in [-0.3, -0.25) is 0 Å². The molecule has 0 saturated heterocycles. The maximum Gasteiger partial charge on any atom is 0.217 e. The topological polar surface area (TPSA) is 12.9 Å². The van der Waals surface area contributed by atoms with E-state index in [-0.39, 0.29) is 0 Å². The fourth-order valence-corrected chi connectivity index (χ4v) is 1.42. The Morgan fingerprint density at radius 3 is 2.92 bits per heavy atom. The predicted octanol–water partition coefficient (Wildman–Crippen LogP) is 3.20. The molecular formula is C8H8BrClFN. The molecule has 0 saturated carbocycles. The molecule has 1 aromatic rings. The third-order valence-corrected chi connectivity index (χ3v) is 2.42. The van der Waals surface area contributed by atoms with Gasteiger partial charge in [0.2, 0.25) is 5.95 Å². The predicted molar refractivity (Wildman–Crippen MR) is 51.3 cm³/mol. The van der Waals surface area contributed by atoms with Crippen LogP contribution in [0, 0.1) is 5.95 Å². The molecule has 0 N–H and O–H groups in total. The Kier molecular flexibility index (Phi) is 3.95. The zero-order chi connectivity index (χ0) is 8.97. The summed E-state index contributed by atoms with van der Waals surface area (Å²) in [5.41, 5.74) is 0.513. The molecule has 0 atom stereocenters. The van der Waals surface area contributed by atoms with Crippen LogP contribution in [-0.4, -0.2) is 10.3 Å². The quantitative estimate of drug-likeness (QED) is 0.595. The number of hydrogen-bond acceptors (Lipinski definition) is 1. The molecule has 0 aliphatic heterocycles. The molecule has 0 amide bonds. The molecule has 1 aromatic heterocycles. The van der Waals surface area contributed by atoms with Gasteiger partial charge in [0.05, 0.1) is 0 Å². The van der Waals surface area contributed by atoms with Crippen molar-refractivity contribution in [2.45, 2.75) is 12.8 Å². The van der Waals surface area contributed by atoms with E-state index in [0.29, 0.717) is 17.0 Å². The molecule has 0 aliphatic carbocycles. The number of aromatic nitrogens is 1. The second kappa shape index (κ2) is 4.77. The van der Waals surface area contributed by atoms with Crippen LogP contribution < -0.4 is 0 Å². The minimum absolute atomic E-state index is 0.455. The normalized spacial score (nSPS) is 10.2. The van der Waals surface area contributed by atoms with Gasteiger partial charge >= 0.3 is 0 Å². The van der Waals surface area contributed by atoms with E-state index in [4.69, 9.17) is 11.6 Å². The van der Waals surface area contributed by atoms with Gasteiger partial charge in [-0.25, -0.2) is 4.98 Å². The summed E-state index contributed by atoms with van der Waals surface area (Å²) < 4.78 is 13.0. The highest BCUT2D eigenvalue weighted by Gasteiger charge is 2.06. The van der Waals surface area contributed by atoms with Crippen LogP contribution >= 0.6 is 27.5 Å². The fraction of sp³-hybridized carbons (Fsp3) is 0.375. The number of pyridine rings is 1. The number of hydrogen-bond donors (Lipinski definition) is 0. The van der Waals surface area contributed by atoms with Gasteiger partial charge in [-0.05, 0) is 18.9 Å². The average Bonchev–Trinajstić information content (AvgIpc) is 2.04. The van der Waals surface area contributed by atoms with Crippen LogP contribution in [-0.2, 0) is 6.42 Å². The van der Waals surface area contributed by atoms with E-state index in [0.717, 1.165) is 11.8 Å². The summed E-state index contributed by atoms with van der Waals surface area (Å²) in [7, 11) is 0. The Morgan fingerprint density at radius 1 is 1.58 bits per heavy atom. The van der Waals surface area contributed by atoms with Gasteiger partial charge in [0.25, 0.3) is 0 Å². The van der Waals surface area contributed by atoms with Gasteiger partial charge in [-0.1, -0.05) is 27.5 Å². The SMILES string of the molecule is Fc1nccc(Cl)c1CCCBr. The van der Waals surface area contributed by atoms with Crippen LogP contribution in [0.4, 0.5) is 4.39 Å². The van der Waals surface area contributed by atoms with Gasteiger partial charge in [-0.15, -0.1) is 0 Å². The van der Waals surface area contributed by atoms with Crippen molar-refractivity contribution in [3.8, 4) is 0 Å². The molecule has 1 heterocycles. The maximum atomic E-state index is 13.0. The van der Waals surface area contributed by atoms with E-state index < -0.39 is 5.95 Å². The van der Waals surface area contributed by atoms with Crippen LogP contribution in [0.5, 0.6) is 0 Å². The first-order valence-corrected chi connectivity index (χ1v) is 5.10. The molecule has 0 bridgehead atoms. The summed E-state index contributed by atoms with van der Waals surface area (Å²) in [6.45, 7) is 0. The molecule has 1 nitrogen and oxygen atoms in total. The molecule has 0 aromatic carbocycles. The number of alkyl halides is 1. The first-order chi connectivity index (χ1) is 5.75. The highest BCUT2D eigenvalue weighted by Crippen LogP contribution is 2.18. The molecular weight excluding hydrogens is 244 g/mol. The summed E-state index contributed by atoms with van der Waals surface area (Å²) in [4.78, 5) is 3.53. The summed E-state index contributed by atoms with van der Waals surface area (Å²) in [6.07, 6.45) is 2.86. The van der Waals surface area contributed by atoms with Crippen LogP contribution in [0.15, 0.2) is 12.3 Å². The van der Waals surface area contributed by atoms with Gasteiger partial charge < -0.3 is 0 Å². The first-order valence-electron chi connectivity index (χ1n) is 3.60. The van der Waals surface area contributed by atoms with E-state index in [1.165, 1.54) is 6.20 Å². The molecule has 0 radical (unpaired) electrons. The van der Waals surface area contributed by atoms with Crippen molar-refractivity contribution in [1.82, 2.24) is 4.98 Å². The largest absolute Gasteiger partial charge is 0.228 e. The Morgan fingerprint density at radius 2 is 2.33 bits per heavy atom. The summed E-state index contributed by atoms with van der Waals surface area (Å²) in [5.74, 6) is -0.455. The second-order valence-corrected chi connectivity index (χ2v) is 3.55. The van der Waals surface area contributed by atoms with Crippen molar-refractivity contribution in [3.05, 3.63) is 28.8 Å². The molecule has 12 heavy (non-hydrogen) atoms. The molecule has 0 fully saturated rings. The smallest absolute Gasteiger partial charge is 0.217 e. The van der Waals surface area contributed by atoms with Crippen LogP contribution in [0.3, 0.4) is 0 Å². The first kappa shape index (κ1) is 9.93. The standard InChI is InChI=1S/C8H8BrClFN/c9-4-1-2-6-7(10)3-5-12-8(6)11/h3,5H,1-2,4H2. The molecule has 66 valence electrons. The molecule has 4 heteroatoms. The summed E-state index contributed by atoms with van der Waals surface area (Å²) >= 11 is 9.04. The summed E-state index contributed by atoms with van der Waals surface area (Å²) in [5, 5.41) is 1.31. The number of halogens is 3. The minimum atomic E-state index is -0.455. The van der Waals surface area contributed by atoms with Crippen molar-refractivity contribution in [3.63, 3.8) is 0 Å². The lowest BCUT2D eigenvalue weighted by Gasteiger charge is -2.02. The average molecular weight is 253 g/mol. The van der Waals surface area contributed by atoms with E-state index in [2.05, 4.69) is 20.9 Å². The van der Waals surface area contributed by atoms with Gasteiger partial charge in [0, 0.05) is 22.1 Å². The molecule has 0 spiro atoms. The third kappa shape index (κ3) is 2.42. The third-order valence-electron chi connectivity index (χ3n) is 1.51. The lowest BCUT2D eigenvalue weighted by atomic mass is 10.2. The zero-order valence-corrected chi connectivity index (χ0v) is 8.70. The molecule has 1 rings (SSSR count). The number of nitrogens with zero attached hydrogens (tertiary/aromatic N) is 1. The molecule has 0 unspecified atom stereocenters. The van der Waals surface area contributed by atoms with Crippen molar-refractivity contribution < 1.29 is 4.39 Å². The summed E-state index contributed by atoms with van der Waals surface area (Å²) in [6, 6.07) is 1.61. The minimum Gasteiger partial charge on any atom is -0.228 e. The lowest BCUT2D eigenvalue weighted by molar-refractivity contribution is 0.565. The fourth-order valence-electron chi connectivity index (χ4n) is 0.911. The van der Waals surface area contributed by atoms with Crippen molar-refractivity contribution >= 4 is 27.5 Å². The number of rotatable bonds is 3. The Labute approximate surface area is 84.1 Å². The van der Waals surface area contributed by atoms with E-state index in [1.54, 1.807) is 6.07 Å². The van der Waals surface area contributed by atoms with Gasteiger partial charge in [-0.2, -0.15) is 4.39 Å².